The van der Waals surface area contributed by atoms with E-state index in [9.17, 15) is 19.3 Å². The number of carboxylic acids is 1. The maximum Gasteiger partial charge on any atom is 0.329 e. The first kappa shape index (κ1) is 15.3. The van der Waals surface area contributed by atoms with Crippen LogP contribution in [0.2, 0.25) is 0 Å². The molecule has 1 aromatic carbocycles. The number of benzene rings is 1. The predicted molar refractivity (Wildman–Crippen MR) is 70.3 cm³/mol. The second-order valence-electron chi connectivity index (χ2n) is 5.32. The van der Waals surface area contributed by atoms with Gasteiger partial charge in [0, 0.05) is 25.7 Å². The summed E-state index contributed by atoms with van der Waals surface area (Å²) in [6.45, 7) is 2.94. The van der Waals surface area contributed by atoms with Crippen LogP contribution >= 0.6 is 0 Å². The molecule has 0 aliphatic carbocycles. The molecule has 0 atom stereocenters. The standard InChI is InChI=1S/C13H15FN2O5/c1-13(21-6-12(17)18)7-15(8-13)5-9-2-3-11(16(19)20)10(14)4-9/h2-4H,5-8H2,1H3,(H,17,18). The van der Waals surface area contributed by atoms with Crippen molar-refractivity contribution < 1.29 is 24.0 Å². The highest BCUT2D eigenvalue weighted by molar-refractivity contribution is 5.68. The molecule has 0 amide bonds. The molecule has 0 spiro atoms. The number of halogens is 1. The van der Waals surface area contributed by atoms with Crippen LogP contribution in [0.3, 0.4) is 0 Å². The second-order valence-corrected chi connectivity index (χ2v) is 5.32. The fourth-order valence-corrected chi connectivity index (χ4v) is 2.39. The van der Waals surface area contributed by atoms with Crippen LogP contribution in [0.5, 0.6) is 0 Å². The van der Waals surface area contributed by atoms with Gasteiger partial charge in [-0.25, -0.2) is 4.79 Å². The summed E-state index contributed by atoms with van der Waals surface area (Å²) in [7, 11) is 0. The van der Waals surface area contributed by atoms with Crippen molar-refractivity contribution >= 4 is 11.7 Å². The van der Waals surface area contributed by atoms with Crippen LogP contribution in [0.4, 0.5) is 10.1 Å². The van der Waals surface area contributed by atoms with Gasteiger partial charge in [0.05, 0.1) is 10.5 Å². The molecule has 114 valence electrons. The van der Waals surface area contributed by atoms with Gasteiger partial charge in [-0.2, -0.15) is 4.39 Å². The summed E-state index contributed by atoms with van der Waals surface area (Å²) >= 11 is 0. The van der Waals surface area contributed by atoms with E-state index in [1.54, 1.807) is 0 Å². The number of rotatable bonds is 6. The Hall–Kier alpha value is -2.06. The largest absolute Gasteiger partial charge is 0.480 e. The lowest BCUT2D eigenvalue weighted by Gasteiger charge is -2.47. The third-order valence-electron chi connectivity index (χ3n) is 3.28. The molecule has 1 heterocycles. The van der Waals surface area contributed by atoms with Gasteiger partial charge in [-0.15, -0.1) is 0 Å². The number of carboxylic acid groups (broad SMARTS) is 1. The molecule has 0 radical (unpaired) electrons. The average molecular weight is 298 g/mol. The predicted octanol–water partition coefficient (Wildman–Crippen LogP) is 1.41. The van der Waals surface area contributed by atoms with E-state index in [-0.39, 0.29) is 6.61 Å². The minimum absolute atomic E-state index is 0.351. The lowest BCUT2D eigenvalue weighted by Crippen LogP contribution is -2.61. The third kappa shape index (κ3) is 3.73. The normalized spacial score (nSPS) is 17.2. The molecule has 1 aliphatic rings. The van der Waals surface area contributed by atoms with Crippen LogP contribution < -0.4 is 0 Å². The first-order chi connectivity index (χ1) is 9.79. The number of ether oxygens (including phenoxy) is 1. The maximum atomic E-state index is 13.5. The molecule has 2 rings (SSSR count). The van der Waals surface area contributed by atoms with Crippen molar-refractivity contribution in [3.05, 3.63) is 39.7 Å². The summed E-state index contributed by atoms with van der Waals surface area (Å²) in [5.74, 6) is -1.88. The fraction of sp³-hybridized carbons (Fsp3) is 0.462. The van der Waals surface area contributed by atoms with Crippen molar-refractivity contribution in [2.45, 2.75) is 19.1 Å². The quantitative estimate of drug-likeness (QED) is 0.630. The van der Waals surface area contributed by atoms with Crippen LogP contribution in [0.1, 0.15) is 12.5 Å². The van der Waals surface area contributed by atoms with E-state index in [1.807, 2.05) is 11.8 Å². The van der Waals surface area contributed by atoms with Gasteiger partial charge >= 0.3 is 11.7 Å². The van der Waals surface area contributed by atoms with E-state index < -0.39 is 28.0 Å². The van der Waals surface area contributed by atoms with Crippen LogP contribution in [0, 0.1) is 15.9 Å². The minimum Gasteiger partial charge on any atom is -0.480 e. The highest BCUT2D eigenvalue weighted by atomic mass is 19.1. The molecule has 1 N–H and O–H groups in total. The van der Waals surface area contributed by atoms with E-state index in [2.05, 4.69) is 0 Å². The van der Waals surface area contributed by atoms with Gasteiger partial charge in [-0.3, -0.25) is 15.0 Å². The summed E-state index contributed by atoms with van der Waals surface area (Å²) in [6, 6.07) is 3.80. The molecule has 0 bridgehead atoms. The van der Waals surface area contributed by atoms with E-state index in [0.29, 0.717) is 25.2 Å². The summed E-state index contributed by atoms with van der Waals surface area (Å²) in [4.78, 5) is 22.2. The molecule has 0 saturated carbocycles. The second kappa shape index (κ2) is 5.74. The van der Waals surface area contributed by atoms with Crippen LogP contribution in [0.25, 0.3) is 0 Å². The Morgan fingerprint density at radius 3 is 2.76 bits per heavy atom. The molecule has 0 unspecified atom stereocenters. The lowest BCUT2D eigenvalue weighted by molar-refractivity contribution is -0.387. The number of hydrogen-bond acceptors (Lipinski definition) is 5. The van der Waals surface area contributed by atoms with E-state index >= 15 is 0 Å². The number of nitro groups is 1. The first-order valence-electron chi connectivity index (χ1n) is 6.30. The Balaban J connectivity index is 1.89. The van der Waals surface area contributed by atoms with Crippen molar-refractivity contribution in [1.82, 2.24) is 4.90 Å². The summed E-state index contributed by atoms with van der Waals surface area (Å²) in [6.07, 6.45) is 0. The van der Waals surface area contributed by atoms with Gasteiger partial charge in [0.1, 0.15) is 6.61 Å². The molecule has 0 aromatic heterocycles. The zero-order valence-corrected chi connectivity index (χ0v) is 11.4. The smallest absolute Gasteiger partial charge is 0.329 e. The molecule has 8 heteroatoms. The number of nitro benzene ring substituents is 1. The van der Waals surface area contributed by atoms with Gasteiger partial charge in [0.2, 0.25) is 5.82 Å². The molecular weight excluding hydrogens is 283 g/mol. The van der Waals surface area contributed by atoms with Gasteiger partial charge in [0.15, 0.2) is 0 Å². The van der Waals surface area contributed by atoms with Crippen molar-refractivity contribution in [3.63, 3.8) is 0 Å². The lowest BCUT2D eigenvalue weighted by atomic mass is 9.95. The SMILES string of the molecule is CC1(OCC(=O)O)CN(Cc2ccc([N+](=O)[O-])c(F)c2)C1. The molecule has 1 fully saturated rings. The average Bonchev–Trinajstić information content (AvgIpc) is 2.34. The van der Waals surface area contributed by atoms with Crippen LogP contribution in [-0.4, -0.2) is 46.2 Å². The van der Waals surface area contributed by atoms with Crippen molar-refractivity contribution in [2.75, 3.05) is 19.7 Å². The first-order valence-corrected chi connectivity index (χ1v) is 6.30. The van der Waals surface area contributed by atoms with Gasteiger partial charge < -0.3 is 9.84 Å². The number of carbonyl (C=O) groups is 1. The Bertz CT molecular complexity index is 572. The molecule has 1 saturated heterocycles. The molecule has 1 aromatic rings. The number of nitrogens with zero attached hydrogens (tertiary/aromatic N) is 2. The van der Waals surface area contributed by atoms with E-state index in [0.717, 1.165) is 12.1 Å². The highest BCUT2D eigenvalue weighted by Crippen LogP contribution is 2.27. The Kier molecular flexibility index (Phi) is 4.19. The molecule has 7 nitrogen and oxygen atoms in total. The maximum absolute atomic E-state index is 13.5. The van der Waals surface area contributed by atoms with Gasteiger partial charge in [-0.1, -0.05) is 6.07 Å². The summed E-state index contributed by atoms with van der Waals surface area (Å²) in [5, 5.41) is 19.1. The van der Waals surface area contributed by atoms with Gasteiger partial charge in [-0.05, 0) is 18.6 Å². The van der Waals surface area contributed by atoms with Crippen molar-refractivity contribution in [3.8, 4) is 0 Å². The van der Waals surface area contributed by atoms with Crippen LogP contribution in [-0.2, 0) is 16.1 Å². The highest BCUT2D eigenvalue weighted by Gasteiger charge is 2.40. The van der Waals surface area contributed by atoms with Crippen molar-refractivity contribution in [1.29, 1.82) is 0 Å². The Labute approximate surface area is 120 Å². The van der Waals surface area contributed by atoms with Crippen LogP contribution in [0.15, 0.2) is 18.2 Å². The monoisotopic (exact) mass is 298 g/mol. The van der Waals surface area contributed by atoms with E-state index in [4.69, 9.17) is 9.84 Å². The number of hydrogen-bond donors (Lipinski definition) is 1. The van der Waals surface area contributed by atoms with Crippen molar-refractivity contribution in [2.24, 2.45) is 0 Å². The molecular formula is C13H15FN2O5. The minimum atomic E-state index is -1.02. The number of aliphatic carboxylic acids is 1. The zero-order chi connectivity index (χ0) is 15.6. The summed E-state index contributed by atoms with van der Waals surface area (Å²) < 4.78 is 18.7. The molecule has 21 heavy (non-hydrogen) atoms. The Morgan fingerprint density at radius 1 is 1.57 bits per heavy atom. The topological polar surface area (TPSA) is 92.9 Å². The number of likely N-dealkylation sites (tertiary alicyclic amines) is 1. The zero-order valence-electron chi connectivity index (χ0n) is 11.4. The van der Waals surface area contributed by atoms with Gasteiger partial charge in [0.25, 0.3) is 0 Å². The molecule has 1 aliphatic heterocycles. The van der Waals surface area contributed by atoms with E-state index in [1.165, 1.54) is 6.07 Å². The third-order valence-corrected chi connectivity index (χ3v) is 3.28. The summed E-state index contributed by atoms with van der Waals surface area (Å²) in [5.41, 5.74) is -0.437. The fourth-order valence-electron chi connectivity index (χ4n) is 2.39. The Morgan fingerprint density at radius 2 is 2.24 bits per heavy atom.